The number of nitriles is 1. The van der Waals surface area contributed by atoms with Gasteiger partial charge >= 0.3 is 0 Å². The fourth-order valence-electron chi connectivity index (χ4n) is 2.61. The molecule has 0 bridgehead atoms. The Morgan fingerprint density at radius 3 is 2.53 bits per heavy atom. The Labute approximate surface area is 119 Å². The highest BCUT2D eigenvalue weighted by molar-refractivity contribution is 8.00. The molecule has 1 fully saturated rings. The first-order chi connectivity index (χ1) is 9.01. The molecule has 0 radical (unpaired) electrons. The predicted octanol–water partition coefficient (Wildman–Crippen LogP) is 2.94. The Kier molecular flexibility index (Phi) is 4.38. The summed E-state index contributed by atoms with van der Waals surface area (Å²) in [7, 11) is 0. The summed E-state index contributed by atoms with van der Waals surface area (Å²) < 4.78 is 0. The zero-order valence-corrected chi connectivity index (χ0v) is 12.4. The molecular formula is C15H20N2OS. The number of nitrogens with zero attached hydrogens (tertiary/aromatic N) is 2. The van der Waals surface area contributed by atoms with Crippen molar-refractivity contribution in [3.05, 3.63) is 29.3 Å². The van der Waals surface area contributed by atoms with E-state index in [0.717, 1.165) is 24.3 Å². The van der Waals surface area contributed by atoms with E-state index in [-0.39, 0.29) is 0 Å². The second kappa shape index (κ2) is 5.85. The normalized spacial score (nSPS) is 24.9. The minimum Gasteiger partial charge on any atom is -0.389 e. The van der Waals surface area contributed by atoms with Crippen LogP contribution < -0.4 is 4.90 Å². The van der Waals surface area contributed by atoms with E-state index >= 15 is 0 Å². The fraction of sp³-hybridized carbons (Fsp3) is 0.533. The molecular weight excluding hydrogens is 256 g/mol. The van der Waals surface area contributed by atoms with Gasteiger partial charge in [0.2, 0.25) is 0 Å². The van der Waals surface area contributed by atoms with Crippen LogP contribution in [0.4, 0.5) is 5.69 Å². The van der Waals surface area contributed by atoms with E-state index in [1.165, 1.54) is 0 Å². The molecule has 4 heteroatoms. The molecule has 2 rings (SSSR count). The van der Waals surface area contributed by atoms with Crippen LogP contribution in [0.2, 0.25) is 0 Å². The van der Waals surface area contributed by atoms with E-state index in [0.29, 0.717) is 16.1 Å². The van der Waals surface area contributed by atoms with Crippen LogP contribution in [-0.2, 0) is 0 Å². The van der Waals surface area contributed by atoms with Gasteiger partial charge in [-0.3, -0.25) is 0 Å². The van der Waals surface area contributed by atoms with Gasteiger partial charge < -0.3 is 10.0 Å². The Morgan fingerprint density at radius 1 is 1.37 bits per heavy atom. The van der Waals surface area contributed by atoms with Crippen LogP contribution in [0.25, 0.3) is 0 Å². The van der Waals surface area contributed by atoms with E-state index in [1.54, 1.807) is 13.0 Å². The molecule has 2 unspecified atom stereocenters. The van der Waals surface area contributed by atoms with Crippen molar-refractivity contribution >= 4 is 17.4 Å². The molecule has 1 aliphatic rings. The molecule has 0 aliphatic carbocycles. The number of aliphatic hydroxyl groups excluding tert-OH is 1. The van der Waals surface area contributed by atoms with Gasteiger partial charge in [-0.1, -0.05) is 19.9 Å². The Bertz CT molecular complexity index is 485. The minimum absolute atomic E-state index is 0.511. The van der Waals surface area contributed by atoms with Gasteiger partial charge in [-0.05, 0) is 19.1 Å². The van der Waals surface area contributed by atoms with Gasteiger partial charge in [0.1, 0.15) is 0 Å². The molecule has 1 aromatic rings. The molecule has 1 N–H and O–H groups in total. The predicted molar refractivity (Wildman–Crippen MR) is 80.5 cm³/mol. The van der Waals surface area contributed by atoms with Gasteiger partial charge in [0.05, 0.1) is 17.7 Å². The third-order valence-electron chi connectivity index (χ3n) is 3.37. The number of hydrogen-bond acceptors (Lipinski definition) is 4. The lowest BCUT2D eigenvalue weighted by atomic mass is 10.0. The molecule has 3 atom stereocenters. The number of benzene rings is 1. The molecule has 1 saturated heterocycles. The summed E-state index contributed by atoms with van der Waals surface area (Å²) in [4.78, 5) is 2.30. The summed E-state index contributed by atoms with van der Waals surface area (Å²) in [6.07, 6.45) is -0.511. The van der Waals surface area contributed by atoms with Crippen LogP contribution in [0.1, 0.15) is 38.0 Å². The van der Waals surface area contributed by atoms with Crippen molar-refractivity contribution in [1.82, 2.24) is 0 Å². The minimum atomic E-state index is -0.511. The Hall–Kier alpha value is -1.18. The topological polar surface area (TPSA) is 47.3 Å². The highest BCUT2D eigenvalue weighted by atomic mass is 32.2. The van der Waals surface area contributed by atoms with Gasteiger partial charge in [0, 0.05) is 34.8 Å². The first-order valence-corrected chi connectivity index (χ1v) is 7.58. The molecule has 1 heterocycles. The lowest BCUT2D eigenvalue weighted by molar-refractivity contribution is 0.199. The van der Waals surface area contributed by atoms with E-state index < -0.39 is 6.10 Å². The quantitative estimate of drug-likeness (QED) is 0.902. The van der Waals surface area contributed by atoms with E-state index in [2.05, 4.69) is 24.8 Å². The van der Waals surface area contributed by atoms with E-state index in [9.17, 15) is 5.11 Å². The van der Waals surface area contributed by atoms with Gasteiger partial charge in [0.15, 0.2) is 0 Å². The highest BCUT2D eigenvalue weighted by Gasteiger charge is 2.25. The van der Waals surface area contributed by atoms with Crippen LogP contribution in [-0.4, -0.2) is 28.7 Å². The zero-order chi connectivity index (χ0) is 14.0. The summed E-state index contributed by atoms with van der Waals surface area (Å²) in [5, 5.41) is 20.1. The number of rotatable bonds is 2. The molecule has 19 heavy (non-hydrogen) atoms. The maximum absolute atomic E-state index is 9.92. The molecule has 1 aliphatic heterocycles. The monoisotopic (exact) mass is 276 g/mol. The van der Waals surface area contributed by atoms with Crippen molar-refractivity contribution in [3.63, 3.8) is 0 Å². The third kappa shape index (κ3) is 3.23. The summed E-state index contributed by atoms with van der Waals surface area (Å²) in [5.74, 6) is 0. The second-order valence-electron chi connectivity index (χ2n) is 5.22. The van der Waals surface area contributed by atoms with E-state index in [4.69, 9.17) is 5.26 Å². The molecule has 0 saturated carbocycles. The molecule has 102 valence electrons. The van der Waals surface area contributed by atoms with Crippen molar-refractivity contribution in [2.75, 3.05) is 18.0 Å². The standard InChI is InChI=1S/C15H20N2OS/c1-10-8-17(9-11(2)19-10)15-6-13(7-16)4-5-14(15)12(3)18/h4-6,10-12,18H,8-9H2,1-3H3/t10?,11?,12-/m0/s1. The highest BCUT2D eigenvalue weighted by Crippen LogP contribution is 2.33. The fourth-order valence-corrected chi connectivity index (χ4v) is 3.94. The van der Waals surface area contributed by atoms with Crippen molar-refractivity contribution < 1.29 is 5.11 Å². The van der Waals surface area contributed by atoms with Crippen LogP contribution >= 0.6 is 11.8 Å². The Morgan fingerprint density at radius 2 is 2.00 bits per heavy atom. The smallest absolute Gasteiger partial charge is 0.0992 e. The number of thioether (sulfide) groups is 1. The lowest BCUT2D eigenvalue weighted by Gasteiger charge is -2.37. The summed E-state index contributed by atoms with van der Waals surface area (Å²) in [6.45, 7) is 8.15. The maximum Gasteiger partial charge on any atom is 0.0992 e. The van der Waals surface area contributed by atoms with Crippen LogP contribution in [0.3, 0.4) is 0 Å². The average Bonchev–Trinajstić information content (AvgIpc) is 2.36. The van der Waals surface area contributed by atoms with E-state index in [1.807, 2.05) is 23.9 Å². The summed E-state index contributed by atoms with van der Waals surface area (Å²) in [5.41, 5.74) is 2.57. The van der Waals surface area contributed by atoms with Crippen LogP contribution in [0.5, 0.6) is 0 Å². The summed E-state index contributed by atoms with van der Waals surface area (Å²) >= 11 is 1.99. The van der Waals surface area contributed by atoms with Gasteiger partial charge in [-0.2, -0.15) is 17.0 Å². The van der Waals surface area contributed by atoms with Gasteiger partial charge in [0.25, 0.3) is 0 Å². The van der Waals surface area contributed by atoms with Gasteiger partial charge in [-0.25, -0.2) is 0 Å². The van der Waals surface area contributed by atoms with Crippen molar-refractivity contribution in [2.45, 2.75) is 37.4 Å². The maximum atomic E-state index is 9.92. The molecule has 0 amide bonds. The first kappa shape index (κ1) is 14.2. The first-order valence-electron chi connectivity index (χ1n) is 6.63. The van der Waals surface area contributed by atoms with Crippen molar-refractivity contribution in [3.8, 4) is 6.07 Å². The largest absolute Gasteiger partial charge is 0.389 e. The third-order valence-corrected chi connectivity index (χ3v) is 4.60. The molecule has 0 aromatic heterocycles. The van der Waals surface area contributed by atoms with Crippen molar-refractivity contribution in [1.29, 1.82) is 5.26 Å². The Balaban J connectivity index is 2.38. The van der Waals surface area contributed by atoms with Crippen LogP contribution in [0.15, 0.2) is 18.2 Å². The molecule has 3 nitrogen and oxygen atoms in total. The number of aliphatic hydroxyl groups is 1. The number of hydrogen-bond donors (Lipinski definition) is 1. The molecule has 0 spiro atoms. The molecule has 1 aromatic carbocycles. The van der Waals surface area contributed by atoms with Crippen molar-refractivity contribution in [2.24, 2.45) is 0 Å². The average molecular weight is 276 g/mol. The summed E-state index contributed by atoms with van der Waals surface area (Å²) in [6, 6.07) is 7.73. The van der Waals surface area contributed by atoms with Gasteiger partial charge in [-0.15, -0.1) is 0 Å². The zero-order valence-electron chi connectivity index (χ0n) is 11.6. The van der Waals surface area contributed by atoms with Crippen LogP contribution in [0, 0.1) is 11.3 Å². The second-order valence-corrected chi connectivity index (χ2v) is 7.11. The number of anilines is 1. The lowest BCUT2D eigenvalue weighted by Crippen LogP contribution is -2.41. The SMILES string of the molecule is CC1CN(c2cc(C#N)ccc2[C@H](C)O)CC(C)S1.